The standard InChI is InChI=1S/C11H14O3/c1-3-7-14-11(13)9-5-4-6-10(12)8(9)2/h4-6,12H,3,7H2,1-2H3. The Hall–Kier alpha value is -1.51. The van der Waals surface area contributed by atoms with Crippen molar-refractivity contribution in [3.8, 4) is 5.75 Å². The molecule has 3 nitrogen and oxygen atoms in total. The lowest BCUT2D eigenvalue weighted by Crippen LogP contribution is -2.07. The van der Waals surface area contributed by atoms with Crippen molar-refractivity contribution in [2.45, 2.75) is 20.3 Å². The third-order valence-corrected chi connectivity index (χ3v) is 1.96. The molecule has 0 radical (unpaired) electrons. The van der Waals surface area contributed by atoms with Gasteiger partial charge >= 0.3 is 5.97 Å². The quantitative estimate of drug-likeness (QED) is 0.751. The van der Waals surface area contributed by atoms with E-state index in [1.807, 2.05) is 6.92 Å². The molecular weight excluding hydrogens is 180 g/mol. The maximum atomic E-state index is 11.4. The Balaban J connectivity index is 2.84. The zero-order chi connectivity index (χ0) is 10.6. The van der Waals surface area contributed by atoms with Crippen molar-refractivity contribution in [1.82, 2.24) is 0 Å². The van der Waals surface area contributed by atoms with Crippen molar-refractivity contribution < 1.29 is 14.6 Å². The van der Waals surface area contributed by atoms with E-state index < -0.39 is 0 Å². The van der Waals surface area contributed by atoms with Crippen molar-refractivity contribution in [2.75, 3.05) is 6.61 Å². The summed E-state index contributed by atoms with van der Waals surface area (Å²) in [5.74, 6) is -0.254. The van der Waals surface area contributed by atoms with Crippen LogP contribution in [0.15, 0.2) is 18.2 Å². The number of ether oxygens (including phenoxy) is 1. The first-order valence-electron chi connectivity index (χ1n) is 4.62. The maximum Gasteiger partial charge on any atom is 0.338 e. The molecule has 0 bridgehead atoms. The number of phenolic OH excluding ortho intramolecular Hbond substituents is 1. The lowest BCUT2D eigenvalue weighted by atomic mass is 10.1. The smallest absolute Gasteiger partial charge is 0.338 e. The molecule has 0 spiro atoms. The number of phenols is 1. The van der Waals surface area contributed by atoms with E-state index in [2.05, 4.69) is 0 Å². The molecule has 0 amide bonds. The van der Waals surface area contributed by atoms with Crippen molar-refractivity contribution in [3.63, 3.8) is 0 Å². The topological polar surface area (TPSA) is 46.5 Å². The molecule has 1 aromatic rings. The Morgan fingerprint density at radius 2 is 2.21 bits per heavy atom. The Bertz CT molecular complexity index is 331. The van der Waals surface area contributed by atoms with Gasteiger partial charge in [0.15, 0.2) is 0 Å². The van der Waals surface area contributed by atoms with Crippen LogP contribution in [0.2, 0.25) is 0 Å². The van der Waals surface area contributed by atoms with Crippen LogP contribution in [0.3, 0.4) is 0 Å². The number of carbonyl (C=O) groups excluding carboxylic acids is 1. The summed E-state index contributed by atoms with van der Waals surface area (Å²) in [7, 11) is 0. The van der Waals surface area contributed by atoms with Gasteiger partial charge in [0, 0.05) is 5.56 Å². The molecule has 0 aliphatic carbocycles. The van der Waals surface area contributed by atoms with Gasteiger partial charge < -0.3 is 9.84 Å². The van der Waals surface area contributed by atoms with Crippen LogP contribution >= 0.6 is 0 Å². The summed E-state index contributed by atoms with van der Waals surface area (Å²) in [6.07, 6.45) is 0.795. The Morgan fingerprint density at radius 3 is 2.86 bits per heavy atom. The number of carbonyl (C=O) groups is 1. The van der Waals surface area contributed by atoms with E-state index in [4.69, 9.17) is 4.74 Å². The second-order valence-electron chi connectivity index (χ2n) is 3.09. The lowest BCUT2D eigenvalue weighted by molar-refractivity contribution is 0.0504. The van der Waals surface area contributed by atoms with Gasteiger partial charge in [-0.25, -0.2) is 4.79 Å². The zero-order valence-corrected chi connectivity index (χ0v) is 8.41. The van der Waals surface area contributed by atoms with Gasteiger partial charge in [-0.1, -0.05) is 13.0 Å². The molecule has 0 unspecified atom stereocenters. The van der Waals surface area contributed by atoms with Crippen LogP contribution in [0.5, 0.6) is 5.75 Å². The third kappa shape index (κ3) is 2.25. The minimum absolute atomic E-state index is 0.121. The normalized spacial score (nSPS) is 9.86. The minimum Gasteiger partial charge on any atom is -0.508 e. The van der Waals surface area contributed by atoms with Crippen LogP contribution in [-0.2, 0) is 4.74 Å². The van der Waals surface area contributed by atoms with Crippen molar-refractivity contribution in [1.29, 1.82) is 0 Å². The van der Waals surface area contributed by atoms with Gasteiger partial charge in [-0.3, -0.25) is 0 Å². The van der Waals surface area contributed by atoms with Crippen LogP contribution < -0.4 is 0 Å². The summed E-state index contributed by atoms with van der Waals surface area (Å²) in [6, 6.07) is 4.82. The molecule has 0 aromatic heterocycles. The maximum absolute atomic E-state index is 11.4. The van der Waals surface area contributed by atoms with Crippen LogP contribution in [0.1, 0.15) is 29.3 Å². The fourth-order valence-electron chi connectivity index (χ4n) is 1.12. The Morgan fingerprint density at radius 1 is 1.50 bits per heavy atom. The van der Waals surface area contributed by atoms with Gasteiger partial charge in [0.2, 0.25) is 0 Å². The largest absolute Gasteiger partial charge is 0.508 e. The van der Waals surface area contributed by atoms with Gasteiger partial charge in [-0.15, -0.1) is 0 Å². The van der Waals surface area contributed by atoms with Crippen molar-refractivity contribution >= 4 is 5.97 Å². The van der Waals surface area contributed by atoms with Crippen LogP contribution in [0.25, 0.3) is 0 Å². The number of hydrogen-bond acceptors (Lipinski definition) is 3. The summed E-state index contributed by atoms with van der Waals surface area (Å²) in [6.45, 7) is 4.04. The molecule has 0 fully saturated rings. The summed E-state index contributed by atoms with van der Waals surface area (Å²) in [5.41, 5.74) is 0.993. The third-order valence-electron chi connectivity index (χ3n) is 1.96. The molecule has 0 atom stereocenters. The Kier molecular flexibility index (Phi) is 3.51. The number of rotatable bonds is 3. The summed E-state index contributed by atoms with van der Waals surface area (Å²) < 4.78 is 4.96. The minimum atomic E-state index is -0.375. The van der Waals surface area contributed by atoms with Crippen LogP contribution in [0.4, 0.5) is 0 Å². The Labute approximate surface area is 83.3 Å². The summed E-state index contributed by atoms with van der Waals surface area (Å²) in [5, 5.41) is 9.37. The van der Waals surface area contributed by atoms with Gasteiger partial charge in [-0.2, -0.15) is 0 Å². The second-order valence-corrected chi connectivity index (χ2v) is 3.09. The number of hydrogen-bond donors (Lipinski definition) is 1. The number of esters is 1. The first kappa shape index (κ1) is 10.6. The van der Waals surface area contributed by atoms with E-state index >= 15 is 0 Å². The molecule has 14 heavy (non-hydrogen) atoms. The highest BCUT2D eigenvalue weighted by Gasteiger charge is 2.11. The molecule has 1 rings (SSSR count). The van der Waals surface area contributed by atoms with Gasteiger partial charge in [0.05, 0.1) is 12.2 Å². The van der Waals surface area contributed by atoms with E-state index in [-0.39, 0.29) is 11.7 Å². The van der Waals surface area contributed by atoms with E-state index in [0.29, 0.717) is 17.7 Å². The highest BCUT2D eigenvalue weighted by atomic mass is 16.5. The molecule has 76 valence electrons. The predicted octanol–water partition coefficient (Wildman–Crippen LogP) is 2.27. The highest BCUT2D eigenvalue weighted by molar-refractivity contribution is 5.91. The monoisotopic (exact) mass is 194 g/mol. The first-order valence-corrected chi connectivity index (χ1v) is 4.62. The first-order chi connectivity index (χ1) is 6.66. The van der Waals surface area contributed by atoms with E-state index in [9.17, 15) is 9.90 Å². The van der Waals surface area contributed by atoms with E-state index in [0.717, 1.165) is 6.42 Å². The number of benzene rings is 1. The molecular formula is C11H14O3. The fourth-order valence-corrected chi connectivity index (χ4v) is 1.12. The fraction of sp³-hybridized carbons (Fsp3) is 0.364. The average Bonchev–Trinajstić information content (AvgIpc) is 2.18. The SMILES string of the molecule is CCCOC(=O)c1cccc(O)c1C. The van der Waals surface area contributed by atoms with Gasteiger partial charge in [0.25, 0.3) is 0 Å². The molecule has 1 N–H and O–H groups in total. The molecule has 0 heterocycles. The van der Waals surface area contributed by atoms with E-state index in [1.54, 1.807) is 25.1 Å². The van der Waals surface area contributed by atoms with Crippen molar-refractivity contribution in [2.24, 2.45) is 0 Å². The molecule has 1 aromatic carbocycles. The molecule has 3 heteroatoms. The van der Waals surface area contributed by atoms with Crippen LogP contribution in [-0.4, -0.2) is 17.7 Å². The summed E-state index contributed by atoms with van der Waals surface area (Å²) >= 11 is 0. The summed E-state index contributed by atoms with van der Waals surface area (Å²) in [4.78, 5) is 11.4. The lowest BCUT2D eigenvalue weighted by Gasteiger charge is -2.06. The highest BCUT2D eigenvalue weighted by Crippen LogP contribution is 2.20. The second kappa shape index (κ2) is 4.65. The molecule has 0 aliphatic rings. The molecule has 0 aliphatic heterocycles. The van der Waals surface area contributed by atoms with E-state index in [1.165, 1.54) is 0 Å². The van der Waals surface area contributed by atoms with Crippen molar-refractivity contribution in [3.05, 3.63) is 29.3 Å². The average molecular weight is 194 g/mol. The molecule has 0 saturated carbocycles. The predicted molar refractivity (Wildman–Crippen MR) is 53.4 cm³/mol. The van der Waals surface area contributed by atoms with Gasteiger partial charge in [-0.05, 0) is 25.5 Å². The number of aromatic hydroxyl groups is 1. The van der Waals surface area contributed by atoms with Crippen LogP contribution in [0, 0.1) is 6.92 Å². The van der Waals surface area contributed by atoms with Gasteiger partial charge in [0.1, 0.15) is 5.75 Å². The molecule has 0 saturated heterocycles. The zero-order valence-electron chi connectivity index (χ0n) is 8.41.